The molecule has 25 heavy (non-hydrogen) atoms. The van der Waals surface area contributed by atoms with Crippen molar-refractivity contribution in [2.75, 3.05) is 6.61 Å². The zero-order chi connectivity index (χ0) is 18.1. The fraction of sp³-hybridized carbons (Fsp3) is 0.211. The number of nitrogens with one attached hydrogen (secondary N) is 1. The fourth-order valence-corrected chi connectivity index (χ4v) is 2.30. The molecule has 0 spiro atoms. The topological polar surface area (TPSA) is 105 Å². The summed E-state index contributed by atoms with van der Waals surface area (Å²) in [5.74, 6) is -1.06. The van der Waals surface area contributed by atoms with E-state index in [2.05, 4.69) is 5.32 Å². The molecule has 0 aliphatic carbocycles. The summed E-state index contributed by atoms with van der Waals surface area (Å²) in [6.07, 6.45) is 0.218. The van der Waals surface area contributed by atoms with Crippen LogP contribution in [0.25, 0.3) is 0 Å². The Morgan fingerprint density at radius 3 is 2.52 bits per heavy atom. The van der Waals surface area contributed by atoms with Gasteiger partial charge in [-0.15, -0.1) is 0 Å². The van der Waals surface area contributed by atoms with Crippen molar-refractivity contribution in [1.82, 2.24) is 5.32 Å². The number of rotatable bonds is 8. The number of hydrogen-bond acceptors (Lipinski definition) is 4. The first kappa shape index (κ1) is 18.2. The number of carbonyl (C=O) groups is 2. The number of primary amides is 1. The molecule has 2 aromatic carbocycles. The first-order valence-electron chi connectivity index (χ1n) is 7.78. The van der Waals surface area contributed by atoms with Crippen LogP contribution in [0.5, 0.6) is 0 Å². The summed E-state index contributed by atoms with van der Waals surface area (Å²) in [5.41, 5.74) is 7.55. The molecule has 2 amide bonds. The minimum absolute atomic E-state index is 0.170. The molecule has 1 atom stereocenters. The van der Waals surface area contributed by atoms with Crippen molar-refractivity contribution in [3.8, 4) is 6.07 Å². The van der Waals surface area contributed by atoms with Gasteiger partial charge in [0.15, 0.2) is 0 Å². The molecule has 0 aromatic heterocycles. The normalized spacial score (nSPS) is 11.3. The predicted molar refractivity (Wildman–Crippen MR) is 92.1 cm³/mol. The maximum atomic E-state index is 12.0. The van der Waals surface area contributed by atoms with Crippen molar-refractivity contribution in [3.05, 3.63) is 71.3 Å². The van der Waals surface area contributed by atoms with Crippen molar-refractivity contribution in [2.24, 2.45) is 5.73 Å². The lowest BCUT2D eigenvalue weighted by atomic mass is 10.0. The lowest BCUT2D eigenvalue weighted by molar-refractivity contribution is -0.130. The Morgan fingerprint density at radius 2 is 1.84 bits per heavy atom. The van der Waals surface area contributed by atoms with Crippen LogP contribution in [0.15, 0.2) is 54.6 Å². The summed E-state index contributed by atoms with van der Waals surface area (Å²) in [5, 5.41) is 11.5. The molecule has 0 unspecified atom stereocenters. The first-order valence-corrected chi connectivity index (χ1v) is 7.78. The Morgan fingerprint density at radius 1 is 1.12 bits per heavy atom. The Bertz CT molecular complexity index is 769. The summed E-state index contributed by atoms with van der Waals surface area (Å²) in [7, 11) is 0. The molecule has 0 aliphatic heterocycles. The Balaban J connectivity index is 1.86. The van der Waals surface area contributed by atoms with Crippen LogP contribution in [0, 0.1) is 11.3 Å². The summed E-state index contributed by atoms with van der Waals surface area (Å²) in [6.45, 7) is 0.136. The SMILES string of the molecule is N#Cc1cccc(C[C@H](NC(=O)COCc2ccccc2)C(N)=O)c1. The number of nitriles is 1. The second-order valence-electron chi connectivity index (χ2n) is 5.52. The van der Waals surface area contributed by atoms with Gasteiger partial charge in [-0.25, -0.2) is 0 Å². The Hall–Kier alpha value is -3.17. The second kappa shape index (κ2) is 9.21. The van der Waals surface area contributed by atoms with Gasteiger partial charge < -0.3 is 15.8 Å². The van der Waals surface area contributed by atoms with Crippen molar-refractivity contribution < 1.29 is 14.3 Å². The standard InChI is InChI=1S/C19H19N3O3/c20-11-16-8-4-7-15(9-16)10-17(19(21)24)22-18(23)13-25-12-14-5-2-1-3-6-14/h1-9,17H,10,12-13H2,(H2,21,24)(H,22,23)/t17-/m0/s1. The van der Waals surface area contributed by atoms with E-state index in [0.717, 1.165) is 11.1 Å². The molecular weight excluding hydrogens is 318 g/mol. The van der Waals surface area contributed by atoms with Gasteiger partial charge >= 0.3 is 0 Å². The molecule has 0 fully saturated rings. The van der Waals surface area contributed by atoms with Gasteiger partial charge in [-0.1, -0.05) is 42.5 Å². The summed E-state index contributed by atoms with van der Waals surface area (Å²) >= 11 is 0. The van der Waals surface area contributed by atoms with Gasteiger partial charge in [0, 0.05) is 6.42 Å². The summed E-state index contributed by atoms with van der Waals surface area (Å²) < 4.78 is 5.34. The third kappa shape index (κ3) is 6.09. The number of hydrogen-bond donors (Lipinski definition) is 2. The van der Waals surface area contributed by atoms with Gasteiger partial charge in [-0.05, 0) is 23.3 Å². The number of ether oxygens (including phenoxy) is 1. The summed E-state index contributed by atoms with van der Waals surface area (Å²) in [6, 6.07) is 17.4. The molecule has 3 N–H and O–H groups in total. The largest absolute Gasteiger partial charge is 0.368 e. The molecule has 6 nitrogen and oxygen atoms in total. The Labute approximate surface area is 146 Å². The number of benzene rings is 2. The predicted octanol–water partition coefficient (Wildman–Crippen LogP) is 1.29. The van der Waals surface area contributed by atoms with Gasteiger partial charge in [-0.2, -0.15) is 5.26 Å². The number of nitrogens with zero attached hydrogens (tertiary/aromatic N) is 1. The minimum Gasteiger partial charge on any atom is -0.368 e. The van der Waals surface area contributed by atoms with E-state index < -0.39 is 17.9 Å². The van der Waals surface area contributed by atoms with Gasteiger partial charge in [0.2, 0.25) is 11.8 Å². The molecule has 128 valence electrons. The number of carbonyl (C=O) groups excluding carboxylic acids is 2. The summed E-state index contributed by atoms with van der Waals surface area (Å²) in [4.78, 5) is 23.6. The van der Waals surface area contributed by atoms with Crippen LogP contribution < -0.4 is 11.1 Å². The zero-order valence-corrected chi connectivity index (χ0v) is 13.6. The highest BCUT2D eigenvalue weighted by atomic mass is 16.5. The van der Waals surface area contributed by atoms with Gasteiger partial charge in [0.1, 0.15) is 12.6 Å². The molecule has 2 rings (SSSR count). The van der Waals surface area contributed by atoms with Crippen LogP contribution in [0.1, 0.15) is 16.7 Å². The fourth-order valence-electron chi connectivity index (χ4n) is 2.30. The van der Waals surface area contributed by atoms with Gasteiger partial charge in [0.05, 0.1) is 18.2 Å². The zero-order valence-electron chi connectivity index (χ0n) is 13.6. The molecule has 0 aliphatic rings. The molecule has 2 aromatic rings. The third-order valence-electron chi connectivity index (χ3n) is 3.52. The maximum absolute atomic E-state index is 12.0. The Kier molecular flexibility index (Phi) is 6.69. The van der Waals surface area contributed by atoms with E-state index in [0.29, 0.717) is 12.2 Å². The van der Waals surface area contributed by atoms with Gasteiger partial charge in [-0.3, -0.25) is 9.59 Å². The maximum Gasteiger partial charge on any atom is 0.246 e. The van der Waals surface area contributed by atoms with Crippen LogP contribution in [0.3, 0.4) is 0 Å². The molecular formula is C19H19N3O3. The van der Waals surface area contributed by atoms with Crippen LogP contribution in [0.2, 0.25) is 0 Å². The van der Waals surface area contributed by atoms with E-state index in [1.807, 2.05) is 36.4 Å². The molecule has 0 radical (unpaired) electrons. The molecule has 0 saturated carbocycles. The average molecular weight is 337 g/mol. The van der Waals surface area contributed by atoms with Crippen molar-refractivity contribution >= 4 is 11.8 Å². The van der Waals surface area contributed by atoms with E-state index in [4.69, 9.17) is 15.7 Å². The highest BCUT2D eigenvalue weighted by Crippen LogP contribution is 2.07. The number of amides is 2. The van der Waals surface area contributed by atoms with E-state index >= 15 is 0 Å². The van der Waals surface area contributed by atoms with E-state index in [1.165, 1.54) is 0 Å². The molecule has 6 heteroatoms. The van der Waals surface area contributed by atoms with Crippen molar-refractivity contribution in [1.29, 1.82) is 5.26 Å². The quantitative estimate of drug-likeness (QED) is 0.757. The van der Waals surface area contributed by atoms with Crippen LogP contribution in [0.4, 0.5) is 0 Å². The minimum atomic E-state index is -0.859. The van der Waals surface area contributed by atoms with Crippen molar-refractivity contribution in [2.45, 2.75) is 19.1 Å². The first-order chi connectivity index (χ1) is 12.1. The lowest BCUT2D eigenvalue weighted by Gasteiger charge is -2.16. The van der Waals surface area contributed by atoms with Gasteiger partial charge in [0.25, 0.3) is 0 Å². The lowest BCUT2D eigenvalue weighted by Crippen LogP contribution is -2.47. The van der Waals surface area contributed by atoms with E-state index in [9.17, 15) is 9.59 Å². The second-order valence-corrected chi connectivity index (χ2v) is 5.52. The van der Waals surface area contributed by atoms with Crippen molar-refractivity contribution in [3.63, 3.8) is 0 Å². The monoisotopic (exact) mass is 337 g/mol. The molecule has 0 heterocycles. The molecule has 0 saturated heterocycles. The van der Waals surface area contributed by atoms with Crippen LogP contribution in [-0.4, -0.2) is 24.5 Å². The van der Waals surface area contributed by atoms with E-state index in [1.54, 1.807) is 24.3 Å². The molecule has 0 bridgehead atoms. The highest BCUT2D eigenvalue weighted by molar-refractivity contribution is 5.87. The van der Waals surface area contributed by atoms with Crippen LogP contribution in [-0.2, 0) is 27.4 Å². The number of nitrogens with two attached hydrogens (primary N) is 1. The highest BCUT2D eigenvalue weighted by Gasteiger charge is 2.18. The van der Waals surface area contributed by atoms with Crippen LogP contribution >= 0.6 is 0 Å². The smallest absolute Gasteiger partial charge is 0.246 e. The van der Waals surface area contributed by atoms with E-state index in [-0.39, 0.29) is 13.0 Å². The average Bonchev–Trinajstić information content (AvgIpc) is 2.62. The third-order valence-corrected chi connectivity index (χ3v) is 3.52.